The lowest BCUT2D eigenvalue weighted by molar-refractivity contribution is 0.0348. The van der Waals surface area contributed by atoms with E-state index in [-0.39, 0.29) is 12.1 Å². The molecule has 2 N–H and O–H groups in total. The maximum absolute atomic E-state index is 12.3. The summed E-state index contributed by atoms with van der Waals surface area (Å²) in [6, 6.07) is 7.78. The summed E-state index contributed by atoms with van der Waals surface area (Å²) in [5, 5.41) is 12.7. The number of hydrogen-bond donors (Lipinski definition) is 2. The van der Waals surface area contributed by atoms with Crippen LogP contribution in [0, 0.1) is 11.8 Å². The molecule has 24 heavy (non-hydrogen) atoms. The van der Waals surface area contributed by atoms with Gasteiger partial charge in [-0.05, 0) is 81.9 Å². The van der Waals surface area contributed by atoms with E-state index >= 15 is 0 Å². The first kappa shape index (κ1) is 17.1. The molecular weight excluding hydrogens is 302 g/mol. The number of carbonyl (C=O) groups is 1. The smallest absolute Gasteiger partial charge is 0.407 e. The third-order valence-corrected chi connectivity index (χ3v) is 5.45. The van der Waals surface area contributed by atoms with Gasteiger partial charge in [-0.25, -0.2) is 4.79 Å². The first-order valence-electron chi connectivity index (χ1n) is 9.12. The number of benzene rings is 1. The number of nitrogens with one attached hydrogen (secondary N) is 1. The first-order chi connectivity index (χ1) is 11.3. The largest absolute Gasteiger partial charge is 0.508 e. The molecule has 2 saturated carbocycles. The van der Waals surface area contributed by atoms with Gasteiger partial charge in [0.1, 0.15) is 11.4 Å². The van der Waals surface area contributed by atoms with Crippen molar-refractivity contribution in [2.45, 2.75) is 70.4 Å². The predicted molar refractivity (Wildman–Crippen MR) is 94.1 cm³/mol. The van der Waals surface area contributed by atoms with Gasteiger partial charge < -0.3 is 15.2 Å². The minimum absolute atomic E-state index is 0.196. The van der Waals surface area contributed by atoms with E-state index in [0.717, 1.165) is 19.3 Å². The molecule has 1 aromatic carbocycles. The maximum atomic E-state index is 12.3. The number of carbonyl (C=O) groups excluding carboxylic acids is 1. The lowest BCUT2D eigenvalue weighted by Crippen LogP contribution is -2.52. The summed E-state index contributed by atoms with van der Waals surface area (Å²) in [5.41, 5.74) is 0.804. The molecule has 2 aliphatic carbocycles. The molecule has 132 valence electrons. The van der Waals surface area contributed by atoms with Gasteiger partial charge in [0.25, 0.3) is 0 Å². The van der Waals surface area contributed by atoms with E-state index in [1.807, 2.05) is 32.9 Å². The lowest BCUT2D eigenvalue weighted by atomic mass is 9.62. The van der Waals surface area contributed by atoms with E-state index in [0.29, 0.717) is 23.5 Å². The van der Waals surface area contributed by atoms with Gasteiger partial charge >= 0.3 is 6.09 Å². The van der Waals surface area contributed by atoms with Gasteiger partial charge in [-0.2, -0.15) is 0 Å². The average Bonchev–Trinajstić information content (AvgIpc) is 2.46. The van der Waals surface area contributed by atoms with Crippen molar-refractivity contribution in [3.8, 4) is 5.75 Å². The molecule has 1 amide bonds. The van der Waals surface area contributed by atoms with E-state index in [1.54, 1.807) is 12.1 Å². The van der Waals surface area contributed by atoms with Crippen molar-refractivity contribution in [2.24, 2.45) is 11.8 Å². The molecule has 0 aromatic heterocycles. The molecule has 4 atom stereocenters. The Morgan fingerprint density at radius 2 is 1.83 bits per heavy atom. The van der Waals surface area contributed by atoms with Crippen LogP contribution in [-0.4, -0.2) is 22.8 Å². The van der Waals surface area contributed by atoms with Crippen molar-refractivity contribution in [1.29, 1.82) is 0 Å². The van der Waals surface area contributed by atoms with Crippen LogP contribution in [0.2, 0.25) is 0 Å². The zero-order chi connectivity index (χ0) is 17.3. The van der Waals surface area contributed by atoms with Crippen LogP contribution in [0.25, 0.3) is 0 Å². The number of hydrogen-bond acceptors (Lipinski definition) is 3. The quantitative estimate of drug-likeness (QED) is 0.834. The summed E-state index contributed by atoms with van der Waals surface area (Å²) in [5.74, 6) is 1.76. The molecule has 0 aliphatic heterocycles. The normalized spacial score (nSPS) is 29.8. The van der Waals surface area contributed by atoms with Gasteiger partial charge in [0.2, 0.25) is 0 Å². The first-order valence-corrected chi connectivity index (χ1v) is 9.12. The van der Waals surface area contributed by atoms with Crippen molar-refractivity contribution in [1.82, 2.24) is 5.32 Å². The van der Waals surface area contributed by atoms with Crippen LogP contribution in [0.3, 0.4) is 0 Å². The van der Waals surface area contributed by atoms with E-state index in [9.17, 15) is 9.90 Å². The minimum atomic E-state index is -0.468. The number of amides is 1. The molecule has 2 bridgehead atoms. The molecule has 2 aliphatic rings. The SMILES string of the molecule is CC(C)(C)OC(=O)NC1[C@H]2CCC[C@@H]1C(c1ccc(O)cc1)CC2. The van der Waals surface area contributed by atoms with Gasteiger partial charge in [0.05, 0.1) is 0 Å². The molecule has 0 spiro atoms. The van der Waals surface area contributed by atoms with E-state index in [4.69, 9.17) is 4.74 Å². The van der Waals surface area contributed by atoms with E-state index in [2.05, 4.69) is 5.32 Å². The molecule has 1 aromatic rings. The highest BCUT2D eigenvalue weighted by Gasteiger charge is 2.43. The lowest BCUT2D eigenvalue weighted by Gasteiger charge is -2.47. The van der Waals surface area contributed by atoms with Crippen LogP contribution in [-0.2, 0) is 4.74 Å². The van der Waals surface area contributed by atoms with Crippen LogP contribution < -0.4 is 5.32 Å². The van der Waals surface area contributed by atoms with E-state index < -0.39 is 5.60 Å². The van der Waals surface area contributed by atoms with Crippen molar-refractivity contribution in [3.63, 3.8) is 0 Å². The van der Waals surface area contributed by atoms with E-state index in [1.165, 1.54) is 18.4 Å². The standard InChI is InChI=1S/C20H29NO3/c1-20(2,3)24-19(23)21-18-14-5-4-6-17(18)16(12-9-14)13-7-10-15(22)11-8-13/h7-8,10-11,14,16-18,22H,4-6,9,12H2,1-3H3,(H,21,23)/t14-,16?,17+,18?/m0/s1. The van der Waals surface area contributed by atoms with Crippen molar-refractivity contribution in [2.75, 3.05) is 0 Å². The third-order valence-electron chi connectivity index (χ3n) is 5.45. The van der Waals surface area contributed by atoms with Gasteiger partial charge in [-0.1, -0.05) is 18.6 Å². The molecule has 4 heteroatoms. The number of alkyl carbamates (subject to hydrolysis) is 1. The summed E-state index contributed by atoms with van der Waals surface area (Å²) in [6.45, 7) is 5.69. The average molecular weight is 331 g/mol. The highest BCUT2D eigenvalue weighted by atomic mass is 16.6. The topological polar surface area (TPSA) is 58.6 Å². The summed E-state index contributed by atoms with van der Waals surface area (Å²) in [6.07, 6.45) is 5.57. The molecular formula is C20H29NO3. The molecule has 2 fully saturated rings. The van der Waals surface area contributed by atoms with Crippen molar-refractivity contribution >= 4 is 6.09 Å². The van der Waals surface area contributed by atoms with Gasteiger partial charge in [0.15, 0.2) is 0 Å². The Bertz CT molecular complexity index is 576. The zero-order valence-electron chi connectivity index (χ0n) is 14.9. The maximum Gasteiger partial charge on any atom is 0.407 e. The van der Waals surface area contributed by atoms with Gasteiger partial charge in [-0.15, -0.1) is 0 Å². The summed E-state index contributed by atoms with van der Waals surface area (Å²) >= 11 is 0. The fourth-order valence-corrected chi connectivity index (χ4v) is 4.51. The van der Waals surface area contributed by atoms with Gasteiger partial charge in [0, 0.05) is 6.04 Å². The number of phenolic OH excluding ortho intramolecular Hbond substituents is 1. The Hall–Kier alpha value is -1.71. The second-order valence-corrected chi connectivity index (χ2v) is 8.30. The fourth-order valence-electron chi connectivity index (χ4n) is 4.51. The van der Waals surface area contributed by atoms with Crippen molar-refractivity contribution in [3.05, 3.63) is 29.8 Å². The van der Waals surface area contributed by atoms with Crippen LogP contribution in [0.5, 0.6) is 5.75 Å². The fraction of sp³-hybridized carbons (Fsp3) is 0.650. The minimum Gasteiger partial charge on any atom is -0.508 e. The molecule has 3 rings (SSSR count). The highest BCUT2D eigenvalue weighted by Crippen LogP contribution is 2.48. The zero-order valence-corrected chi connectivity index (χ0v) is 14.9. The predicted octanol–water partition coefficient (Wildman–Crippen LogP) is 4.58. The number of fused-ring (bicyclic) bond motifs is 2. The summed E-state index contributed by atoms with van der Waals surface area (Å²) in [7, 11) is 0. The number of phenols is 1. The summed E-state index contributed by atoms with van der Waals surface area (Å²) in [4.78, 5) is 12.3. The summed E-state index contributed by atoms with van der Waals surface area (Å²) < 4.78 is 5.48. The highest BCUT2D eigenvalue weighted by molar-refractivity contribution is 5.68. The third kappa shape index (κ3) is 3.85. The number of rotatable bonds is 2. The Morgan fingerprint density at radius 1 is 1.12 bits per heavy atom. The Morgan fingerprint density at radius 3 is 2.50 bits per heavy atom. The Labute approximate surface area is 144 Å². The van der Waals surface area contributed by atoms with Crippen LogP contribution >= 0.6 is 0 Å². The van der Waals surface area contributed by atoms with Crippen molar-refractivity contribution < 1.29 is 14.6 Å². The van der Waals surface area contributed by atoms with Crippen LogP contribution in [0.4, 0.5) is 4.79 Å². The molecule has 0 radical (unpaired) electrons. The number of ether oxygens (including phenoxy) is 1. The number of aromatic hydroxyl groups is 1. The molecule has 2 unspecified atom stereocenters. The molecule has 0 heterocycles. The Kier molecular flexibility index (Phi) is 4.75. The monoisotopic (exact) mass is 331 g/mol. The van der Waals surface area contributed by atoms with Gasteiger partial charge in [-0.3, -0.25) is 0 Å². The molecule has 4 nitrogen and oxygen atoms in total. The van der Waals surface area contributed by atoms with Crippen LogP contribution in [0.1, 0.15) is 64.4 Å². The Balaban J connectivity index is 1.75. The second kappa shape index (κ2) is 6.66. The van der Waals surface area contributed by atoms with Crippen LogP contribution in [0.15, 0.2) is 24.3 Å². The second-order valence-electron chi connectivity index (χ2n) is 8.30. The molecule has 0 saturated heterocycles.